The summed E-state index contributed by atoms with van der Waals surface area (Å²) in [6.07, 6.45) is 1.21. The third-order valence-electron chi connectivity index (χ3n) is 14.1. The summed E-state index contributed by atoms with van der Waals surface area (Å²) in [5.74, 6) is -0.470. The molecule has 0 unspecified atom stereocenters. The number of fused-ring (bicyclic) bond motifs is 3. The molecular formula is C50H53N3O8Si. The number of aliphatic hydroxyl groups excluding tert-OH is 1. The van der Waals surface area contributed by atoms with Gasteiger partial charge in [-0.3, -0.25) is 24.1 Å². The van der Waals surface area contributed by atoms with E-state index in [4.69, 9.17) is 14.2 Å². The molecule has 0 bridgehead atoms. The lowest BCUT2D eigenvalue weighted by atomic mass is 9.82. The largest absolute Gasteiger partial charge is 0.497 e. The number of rotatable bonds is 12. The quantitative estimate of drug-likeness (QED) is 0.0784. The van der Waals surface area contributed by atoms with Crippen molar-refractivity contribution in [1.29, 1.82) is 0 Å². The van der Waals surface area contributed by atoms with Crippen LogP contribution in [0, 0.1) is 5.92 Å². The van der Waals surface area contributed by atoms with Crippen LogP contribution in [0.5, 0.6) is 5.75 Å². The molecule has 4 aliphatic heterocycles. The number of esters is 1. The van der Waals surface area contributed by atoms with Gasteiger partial charge in [-0.2, -0.15) is 0 Å². The van der Waals surface area contributed by atoms with E-state index in [1.807, 2.05) is 84.9 Å². The summed E-state index contributed by atoms with van der Waals surface area (Å²) in [6, 6.07) is 33.2. The van der Waals surface area contributed by atoms with Gasteiger partial charge in [0.15, 0.2) is 5.60 Å². The van der Waals surface area contributed by atoms with Gasteiger partial charge in [0, 0.05) is 42.1 Å². The number of benzene rings is 5. The Bertz CT molecular complexity index is 2590. The van der Waals surface area contributed by atoms with Crippen LogP contribution < -0.4 is 19.7 Å². The Morgan fingerprint density at radius 1 is 0.887 bits per heavy atom. The first-order valence-corrected chi connectivity index (χ1v) is 24.7. The summed E-state index contributed by atoms with van der Waals surface area (Å²) < 4.78 is 17.8. The molecule has 5 aromatic rings. The summed E-state index contributed by atoms with van der Waals surface area (Å²) in [5, 5.41) is 13.6. The summed E-state index contributed by atoms with van der Waals surface area (Å²) >= 11 is 0. The van der Waals surface area contributed by atoms with Crippen LogP contribution in [0.2, 0.25) is 18.6 Å². The lowest BCUT2D eigenvalue weighted by Gasteiger charge is -2.39. The minimum Gasteiger partial charge on any atom is -0.497 e. The number of anilines is 3. The molecule has 4 aliphatic rings. The number of ether oxygens (including phenoxy) is 3. The Morgan fingerprint density at radius 2 is 1.63 bits per heavy atom. The molecular weight excluding hydrogens is 799 g/mol. The van der Waals surface area contributed by atoms with E-state index in [1.54, 1.807) is 21.8 Å². The number of methoxy groups -OCH3 is 2. The van der Waals surface area contributed by atoms with Crippen LogP contribution in [0.1, 0.15) is 59.7 Å². The smallest absolute Gasteiger partial charge is 0.305 e. The fourth-order valence-corrected chi connectivity index (χ4v) is 15.0. The fraction of sp³-hybridized carbons (Fsp3) is 0.360. The molecule has 5 atom stereocenters. The Balaban J connectivity index is 1.15. The molecule has 62 heavy (non-hydrogen) atoms. The van der Waals surface area contributed by atoms with E-state index >= 15 is 4.79 Å². The highest BCUT2D eigenvalue weighted by Gasteiger charge is 2.66. The van der Waals surface area contributed by atoms with Gasteiger partial charge >= 0.3 is 5.97 Å². The van der Waals surface area contributed by atoms with Gasteiger partial charge in [-0.25, -0.2) is 0 Å². The molecule has 3 amide bonds. The van der Waals surface area contributed by atoms with Crippen LogP contribution >= 0.6 is 0 Å². The molecule has 1 fully saturated rings. The Hall–Kier alpha value is -5.82. The summed E-state index contributed by atoms with van der Waals surface area (Å²) in [4.78, 5) is 62.0. The van der Waals surface area contributed by atoms with Gasteiger partial charge in [-0.1, -0.05) is 85.9 Å². The molecule has 0 aliphatic carbocycles. The second-order valence-electron chi connectivity index (χ2n) is 17.7. The zero-order valence-electron chi connectivity index (χ0n) is 35.9. The molecule has 1 saturated heterocycles. The van der Waals surface area contributed by atoms with Crippen LogP contribution in [0.15, 0.2) is 103 Å². The molecule has 0 saturated carbocycles. The van der Waals surface area contributed by atoms with Gasteiger partial charge in [-0.05, 0) is 83.8 Å². The molecule has 9 rings (SSSR count). The van der Waals surface area contributed by atoms with Crippen molar-refractivity contribution in [2.45, 2.75) is 82.0 Å². The lowest BCUT2D eigenvalue weighted by molar-refractivity contribution is -0.151. The Labute approximate surface area is 363 Å². The topological polar surface area (TPSA) is 126 Å². The highest BCUT2D eigenvalue weighted by atomic mass is 28.3. The minimum atomic E-state index is -2.63. The van der Waals surface area contributed by atoms with Crippen molar-refractivity contribution in [2.75, 3.05) is 37.2 Å². The number of carbonyl (C=O) groups excluding carboxylic acids is 4. The number of nitrogens with zero attached hydrogens (tertiary/aromatic N) is 3. The molecule has 0 radical (unpaired) electrons. The van der Waals surface area contributed by atoms with E-state index in [1.165, 1.54) is 7.11 Å². The summed E-state index contributed by atoms with van der Waals surface area (Å²) in [7, 11) is 0.376. The van der Waals surface area contributed by atoms with E-state index in [0.717, 1.165) is 38.5 Å². The van der Waals surface area contributed by atoms with Crippen molar-refractivity contribution in [3.8, 4) is 5.75 Å². The van der Waals surface area contributed by atoms with Crippen LogP contribution in [-0.4, -0.2) is 81.3 Å². The second kappa shape index (κ2) is 16.1. The predicted octanol–water partition coefficient (Wildman–Crippen LogP) is 7.38. The van der Waals surface area contributed by atoms with E-state index in [0.29, 0.717) is 54.9 Å². The van der Waals surface area contributed by atoms with E-state index in [9.17, 15) is 19.5 Å². The first-order valence-electron chi connectivity index (χ1n) is 21.6. The minimum absolute atomic E-state index is 0.0192. The Kier molecular flexibility index (Phi) is 10.8. The monoisotopic (exact) mass is 851 g/mol. The van der Waals surface area contributed by atoms with Gasteiger partial charge in [-0.15, -0.1) is 0 Å². The van der Waals surface area contributed by atoms with E-state index < -0.39 is 25.7 Å². The highest BCUT2D eigenvalue weighted by Crippen LogP contribution is 2.61. The van der Waals surface area contributed by atoms with Gasteiger partial charge in [0.1, 0.15) is 5.75 Å². The maximum absolute atomic E-state index is 15.6. The van der Waals surface area contributed by atoms with Gasteiger partial charge in [0.2, 0.25) is 5.91 Å². The van der Waals surface area contributed by atoms with Crippen LogP contribution in [-0.2, 0) is 42.4 Å². The van der Waals surface area contributed by atoms with Gasteiger partial charge < -0.3 is 29.1 Å². The van der Waals surface area contributed by atoms with Crippen LogP contribution in [0.3, 0.4) is 0 Å². The molecule has 5 aromatic carbocycles. The predicted molar refractivity (Wildman–Crippen MR) is 241 cm³/mol. The summed E-state index contributed by atoms with van der Waals surface area (Å²) in [6.45, 7) is 7.20. The van der Waals surface area contributed by atoms with Gasteiger partial charge in [0.25, 0.3) is 11.8 Å². The van der Waals surface area contributed by atoms with Gasteiger partial charge in [0.05, 0.1) is 64.4 Å². The third kappa shape index (κ3) is 6.62. The van der Waals surface area contributed by atoms with Crippen molar-refractivity contribution in [1.82, 2.24) is 4.90 Å². The van der Waals surface area contributed by atoms with E-state index in [-0.39, 0.29) is 54.7 Å². The average molecular weight is 852 g/mol. The van der Waals surface area contributed by atoms with Crippen molar-refractivity contribution < 1.29 is 38.5 Å². The van der Waals surface area contributed by atoms with Crippen LogP contribution in [0.25, 0.3) is 10.8 Å². The molecule has 12 heteroatoms. The maximum Gasteiger partial charge on any atom is 0.305 e. The molecule has 0 aromatic heterocycles. The van der Waals surface area contributed by atoms with Crippen molar-refractivity contribution in [3.63, 3.8) is 0 Å². The van der Waals surface area contributed by atoms with Crippen molar-refractivity contribution in [2.24, 2.45) is 5.92 Å². The molecule has 4 heterocycles. The number of hydrogen-bond acceptors (Lipinski definition) is 8. The fourth-order valence-electron chi connectivity index (χ4n) is 11.0. The number of hydrogen-bond donors (Lipinski definition) is 1. The van der Waals surface area contributed by atoms with Crippen LogP contribution in [0.4, 0.5) is 17.1 Å². The molecule has 1 spiro atoms. The standard InChI is InChI=1S/C50H53N3O8Si/c1-31-47(62(4,5)38-22-20-37(59-2)21-23-38)43(28-44(55)52-29-34-13-7-6-12-33(34)26-36(52)30-54)61-50(31)40-27-35(19-24-41(40)51(49(50)58)25-9-8-18-45(56)60-3)53-42-17-11-15-32-14-10-16-39(46(32)42)48(53)57/h6-7,10-17,19-24,27,31,36,43,47,54H,8-9,18,25-26,28-30H2,1-5H3/t31-,36+,43+,47-,50+/m1/s1. The maximum atomic E-state index is 15.6. The average Bonchev–Trinajstić information content (AvgIpc) is 3.84. The number of amides is 3. The first kappa shape index (κ1) is 41.5. The van der Waals surface area contributed by atoms with Crippen molar-refractivity contribution in [3.05, 3.63) is 125 Å². The molecule has 11 nitrogen and oxygen atoms in total. The zero-order chi connectivity index (χ0) is 43.5. The van der Waals surface area contributed by atoms with Crippen molar-refractivity contribution >= 4 is 64.8 Å². The first-order chi connectivity index (χ1) is 29.9. The Morgan fingerprint density at radius 3 is 2.35 bits per heavy atom. The number of carbonyl (C=O) groups is 4. The summed E-state index contributed by atoms with van der Waals surface area (Å²) in [5.41, 5.74) is 3.82. The number of aliphatic hydroxyl groups is 1. The second-order valence-corrected chi connectivity index (χ2v) is 22.4. The van der Waals surface area contributed by atoms with E-state index in [2.05, 4.69) is 38.2 Å². The zero-order valence-corrected chi connectivity index (χ0v) is 36.9. The molecule has 320 valence electrons. The lowest BCUT2D eigenvalue weighted by Crippen LogP contribution is -2.52. The number of unbranched alkanes of at least 4 members (excludes halogenated alkanes) is 1. The highest BCUT2D eigenvalue weighted by molar-refractivity contribution is 6.91. The normalized spacial score (nSPS) is 22.7. The SMILES string of the molecule is COC(=O)CCCCN1C(=O)[C@@]2(O[C@@H](CC(=O)N3Cc4ccccc4C[C@H]3CO)[C@H]([Si](C)(C)c3ccc(OC)cc3)[C@H]2C)c2cc(N3C(=O)c4cccc5cccc3c45)ccc21. The molecule has 1 N–H and O–H groups in total. The third-order valence-corrected chi connectivity index (χ3v) is 18.5.